The summed E-state index contributed by atoms with van der Waals surface area (Å²) in [7, 11) is 1.31. The summed E-state index contributed by atoms with van der Waals surface area (Å²) in [5.41, 5.74) is 1.70. The summed E-state index contributed by atoms with van der Waals surface area (Å²) in [5, 5.41) is 0.351. The second-order valence-electron chi connectivity index (χ2n) is 9.04. The van der Waals surface area contributed by atoms with Crippen molar-refractivity contribution >= 4 is 45.9 Å². The average molecular weight is 499 g/mol. The summed E-state index contributed by atoms with van der Waals surface area (Å²) in [6.07, 6.45) is 4.22. The summed E-state index contributed by atoms with van der Waals surface area (Å²) in [6, 6.07) is 7.19. The van der Waals surface area contributed by atoms with E-state index in [4.69, 9.17) is 9.47 Å². The largest absolute Gasteiger partial charge is 0.483 e. The second-order valence-corrected chi connectivity index (χ2v) is 10.9. The molecule has 4 atom stereocenters. The molecule has 1 amide bonds. The Kier molecular flexibility index (Phi) is 6.02. The molecule has 1 aromatic heterocycles. The first-order valence-corrected chi connectivity index (χ1v) is 13.4. The van der Waals surface area contributed by atoms with Gasteiger partial charge in [0.1, 0.15) is 11.0 Å². The number of fused-ring (bicyclic) bond motifs is 1. The summed E-state index contributed by atoms with van der Waals surface area (Å²) in [4.78, 5) is 47.2. The van der Waals surface area contributed by atoms with Crippen LogP contribution in [0.15, 0.2) is 40.5 Å². The molecule has 9 heteroatoms. The third kappa shape index (κ3) is 3.65. The Labute approximate surface area is 206 Å². The van der Waals surface area contributed by atoms with E-state index in [1.165, 1.54) is 12.0 Å². The van der Waals surface area contributed by atoms with Gasteiger partial charge in [-0.05, 0) is 56.1 Å². The summed E-state index contributed by atoms with van der Waals surface area (Å²) in [6.45, 7) is 3.87. The van der Waals surface area contributed by atoms with Gasteiger partial charge < -0.3 is 9.47 Å². The van der Waals surface area contributed by atoms with Crippen LogP contribution in [-0.2, 0) is 19.1 Å². The van der Waals surface area contributed by atoms with Gasteiger partial charge in [-0.15, -0.1) is 11.8 Å². The van der Waals surface area contributed by atoms with E-state index in [0.29, 0.717) is 27.2 Å². The predicted octanol–water partition coefficient (Wildman–Crippen LogP) is 4.71. The van der Waals surface area contributed by atoms with Crippen molar-refractivity contribution in [1.82, 2.24) is 4.98 Å². The highest BCUT2D eigenvalue weighted by atomic mass is 32.2. The number of methoxy groups -OCH3 is 1. The van der Waals surface area contributed by atoms with E-state index in [-0.39, 0.29) is 29.5 Å². The molecule has 1 fully saturated rings. The van der Waals surface area contributed by atoms with E-state index in [9.17, 15) is 14.4 Å². The number of aryl methyl sites for hydroxylation is 1. The van der Waals surface area contributed by atoms with Gasteiger partial charge in [-0.1, -0.05) is 30.4 Å². The van der Waals surface area contributed by atoms with Gasteiger partial charge in [0.05, 0.1) is 30.3 Å². The zero-order valence-corrected chi connectivity index (χ0v) is 21.1. The highest BCUT2D eigenvalue weighted by molar-refractivity contribution is 7.98. The number of anilines is 1. The van der Waals surface area contributed by atoms with Gasteiger partial charge in [0, 0.05) is 4.90 Å². The molecule has 4 unspecified atom stereocenters. The molecule has 3 heterocycles. The van der Waals surface area contributed by atoms with Crippen molar-refractivity contribution in [2.75, 3.05) is 18.3 Å². The van der Waals surface area contributed by atoms with Crippen LogP contribution in [0.3, 0.4) is 0 Å². The van der Waals surface area contributed by atoms with Crippen molar-refractivity contribution in [3.8, 4) is 0 Å². The summed E-state index contributed by atoms with van der Waals surface area (Å²) >= 11 is 2.71. The van der Waals surface area contributed by atoms with Crippen LogP contribution in [0, 0.1) is 18.8 Å². The maximum atomic E-state index is 13.8. The molecule has 0 radical (unpaired) electrons. The summed E-state index contributed by atoms with van der Waals surface area (Å²) in [5.74, 6) is -0.566. The van der Waals surface area contributed by atoms with E-state index in [0.717, 1.165) is 41.1 Å². The topological polar surface area (TPSA) is 85.8 Å². The number of ketones is 1. The fourth-order valence-corrected chi connectivity index (χ4v) is 6.56. The zero-order chi connectivity index (χ0) is 24.1. The van der Waals surface area contributed by atoms with Gasteiger partial charge in [-0.25, -0.2) is 9.78 Å². The lowest BCUT2D eigenvalue weighted by Crippen LogP contribution is -2.41. The van der Waals surface area contributed by atoms with E-state index < -0.39 is 12.0 Å². The molecule has 1 aromatic carbocycles. The first-order valence-electron chi connectivity index (χ1n) is 11.3. The number of ether oxygens (including phenoxy) is 2. The van der Waals surface area contributed by atoms with Crippen molar-refractivity contribution in [2.45, 2.75) is 50.2 Å². The molecular weight excluding hydrogens is 472 g/mol. The van der Waals surface area contributed by atoms with Crippen LogP contribution in [-0.4, -0.2) is 42.1 Å². The van der Waals surface area contributed by atoms with E-state index in [2.05, 4.69) is 11.9 Å². The third-order valence-electron chi connectivity index (χ3n) is 6.90. The van der Waals surface area contributed by atoms with E-state index in [1.807, 2.05) is 30.5 Å². The Hall–Kier alpha value is -2.65. The Morgan fingerprint density at radius 1 is 1.24 bits per heavy atom. The van der Waals surface area contributed by atoms with Crippen molar-refractivity contribution in [2.24, 2.45) is 11.8 Å². The van der Waals surface area contributed by atoms with Crippen molar-refractivity contribution in [3.05, 3.63) is 51.7 Å². The quantitative estimate of drug-likeness (QED) is 0.446. The lowest BCUT2D eigenvalue weighted by molar-refractivity contribution is -0.132. The normalized spacial score (nSPS) is 26.3. The van der Waals surface area contributed by atoms with Crippen LogP contribution < -0.4 is 4.90 Å². The number of carbonyl (C=O) groups is 3. The fourth-order valence-electron chi connectivity index (χ4n) is 5.14. The highest BCUT2D eigenvalue weighted by Crippen LogP contribution is 2.49. The van der Waals surface area contributed by atoms with Gasteiger partial charge in [0.15, 0.2) is 16.7 Å². The third-order valence-corrected chi connectivity index (χ3v) is 8.78. The molecule has 2 aliphatic heterocycles. The van der Waals surface area contributed by atoms with Gasteiger partial charge in [-0.2, -0.15) is 0 Å². The monoisotopic (exact) mass is 498 g/mol. The first-order chi connectivity index (χ1) is 16.3. The molecule has 178 valence electrons. The van der Waals surface area contributed by atoms with Crippen LogP contribution in [0.2, 0.25) is 0 Å². The SMILES string of the molecule is COC(=O)c1sc(N2C(=O)C3=C(C(=O)C4CC(C)CCC4O3)C2c2ccc(SC)cc2)nc1C. The standard InChI is InChI=1S/C25H26N2O5S2/c1-12-5-10-17-16(11-12)20(28)18-19(14-6-8-15(33-4)9-7-14)27(23(29)21(18)32-17)25-26-13(2)22(34-25)24(30)31-3/h6-9,12,16-17,19H,5,10-11H2,1-4H3. The number of hydrogen-bond donors (Lipinski definition) is 0. The number of rotatable bonds is 4. The molecule has 0 N–H and O–H groups in total. The van der Waals surface area contributed by atoms with Crippen molar-refractivity contribution in [3.63, 3.8) is 0 Å². The molecule has 5 rings (SSSR count). The number of thiazole rings is 1. The lowest BCUT2D eigenvalue weighted by atomic mass is 9.74. The van der Waals surface area contributed by atoms with Crippen molar-refractivity contribution in [1.29, 1.82) is 0 Å². The molecule has 1 saturated carbocycles. The molecule has 7 nitrogen and oxygen atoms in total. The number of benzene rings is 1. The number of esters is 1. The Morgan fingerprint density at radius 3 is 2.65 bits per heavy atom. The van der Waals surface area contributed by atoms with Gasteiger partial charge >= 0.3 is 5.97 Å². The number of hydrogen-bond acceptors (Lipinski definition) is 8. The maximum Gasteiger partial charge on any atom is 0.350 e. The lowest BCUT2D eigenvalue weighted by Gasteiger charge is -2.37. The molecule has 0 spiro atoms. The molecule has 3 aliphatic rings. The molecule has 34 heavy (non-hydrogen) atoms. The highest BCUT2D eigenvalue weighted by Gasteiger charge is 2.53. The minimum Gasteiger partial charge on any atom is -0.483 e. The van der Waals surface area contributed by atoms with E-state index in [1.54, 1.807) is 18.7 Å². The molecule has 0 bridgehead atoms. The minimum atomic E-state index is -0.653. The maximum absolute atomic E-state index is 13.8. The Balaban J connectivity index is 1.63. The number of carbonyl (C=O) groups excluding carboxylic acids is 3. The Morgan fingerprint density at radius 2 is 1.97 bits per heavy atom. The number of Topliss-reactive ketones (excluding diaryl/α,β-unsaturated/α-hetero) is 1. The average Bonchev–Trinajstić information content (AvgIpc) is 3.36. The van der Waals surface area contributed by atoms with Gasteiger partial charge in [0.2, 0.25) is 0 Å². The summed E-state index contributed by atoms with van der Waals surface area (Å²) < 4.78 is 11.1. The number of nitrogens with zero attached hydrogens (tertiary/aromatic N) is 2. The van der Waals surface area contributed by atoms with Crippen LogP contribution in [0.4, 0.5) is 5.13 Å². The van der Waals surface area contributed by atoms with Gasteiger partial charge in [0.25, 0.3) is 5.91 Å². The Bertz CT molecular complexity index is 1200. The van der Waals surface area contributed by atoms with Crippen LogP contribution >= 0.6 is 23.1 Å². The molecule has 0 saturated heterocycles. The zero-order valence-electron chi connectivity index (χ0n) is 19.5. The number of amides is 1. The van der Waals surface area contributed by atoms with Crippen molar-refractivity contribution < 1.29 is 23.9 Å². The predicted molar refractivity (Wildman–Crippen MR) is 130 cm³/mol. The van der Waals surface area contributed by atoms with Crippen LogP contribution in [0.1, 0.15) is 53.2 Å². The molecular formula is C25H26N2O5S2. The molecule has 2 aromatic rings. The van der Waals surface area contributed by atoms with Crippen LogP contribution in [0.5, 0.6) is 0 Å². The second kappa shape index (κ2) is 8.85. The fraction of sp³-hybridized carbons (Fsp3) is 0.440. The first kappa shape index (κ1) is 23.1. The van der Waals surface area contributed by atoms with Crippen LogP contribution in [0.25, 0.3) is 0 Å². The van der Waals surface area contributed by atoms with Gasteiger partial charge in [-0.3, -0.25) is 14.5 Å². The minimum absolute atomic E-state index is 0.00550. The smallest absolute Gasteiger partial charge is 0.350 e. The van der Waals surface area contributed by atoms with E-state index >= 15 is 0 Å². The number of aromatic nitrogens is 1. The number of thioether (sulfide) groups is 1. The molecule has 1 aliphatic carbocycles.